The van der Waals surface area contributed by atoms with Crippen LogP contribution in [0.3, 0.4) is 0 Å². The normalized spacial score (nSPS) is 14.7. The van der Waals surface area contributed by atoms with Crippen LogP contribution in [-0.4, -0.2) is 35.0 Å². The van der Waals surface area contributed by atoms with E-state index >= 15 is 0 Å². The molecular weight excluding hydrogens is 332 g/mol. The van der Waals surface area contributed by atoms with Crippen LogP contribution in [0.2, 0.25) is 0 Å². The number of nitrogens with zero attached hydrogens (tertiary/aromatic N) is 2. The number of pyridine rings is 1. The van der Waals surface area contributed by atoms with Crippen LogP contribution in [0.15, 0.2) is 47.1 Å². The third kappa shape index (κ3) is 3.24. The first-order valence-corrected chi connectivity index (χ1v) is 7.55. The third-order valence-electron chi connectivity index (χ3n) is 3.40. The van der Waals surface area contributed by atoms with Crippen LogP contribution in [0, 0.1) is 6.92 Å². The van der Waals surface area contributed by atoms with E-state index in [1.807, 2.05) is 43.3 Å². The second-order valence-electron chi connectivity index (χ2n) is 5.09. The molecule has 2 aromatic rings. The summed E-state index contributed by atoms with van der Waals surface area (Å²) in [5, 5.41) is 0. The van der Waals surface area contributed by atoms with Crippen molar-refractivity contribution in [3.8, 4) is 5.75 Å². The van der Waals surface area contributed by atoms with Gasteiger partial charge in [-0.05, 0) is 37.3 Å². The lowest BCUT2D eigenvalue weighted by Gasteiger charge is -2.39. The van der Waals surface area contributed by atoms with Gasteiger partial charge in [-0.3, -0.25) is 9.78 Å². The fourth-order valence-corrected chi connectivity index (χ4v) is 2.50. The van der Waals surface area contributed by atoms with Crippen LogP contribution >= 0.6 is 15.9 Å². The number of amides is 1. The molecule has 0 bridgehead atoms. The Labute approximate surface area is 131 Å². The van der Waals surface area contributed by atoms with E-state index in [0.717, 1.165) is 15.9 Å². The smallest absolute Gasteiger partial charge is 0.254 e. The predicted octanol–water partition coefficient (Wildman–Crippen LogP) is 3.06. The first kappa shape index (κ1) is 14.1. The number of hydrogen-bond acceptors (Lipinski definition) is 3. The van der Waals surface area contributed by atoms with Crippen LogP contribution < -0.4 is 4.74 Å². The first-order valence-electron chi connectivity index (χ1n) is 6.76. The maximum Gasteiger partial charge on any atom is 0.254 e. The lowest BCUT2D eigenvalue weighted by atomic mass is 10.1. The number of carbonyl (C=O) groups is 1. The van der Waals surface area contributed by atoms with E-state index in [0.29, 0.717) is 18.7 Å². The summed E-state index contributed by atoms with van der Waals surface area (Å²) in [6.45, 7) is 3.17. The number of ether oxygens (including phenoxy) is 1. The summed E-state index contributed by atoms with van der Waals surface area (Å²) in [5.41, 5.74) is 1.63. The average molecular weight is 347 g/mol. The Kier molecular flexibility index (Phi) is 3.92. The average Bonchev–Trinajstić information content (AvgIpc) is 2.42. The molecule has 1 saturated heterocycles. The van der Waals surface area contributed by atoms with Gasteiger partial charge in [0.25, 0.3) is 5.91 Å². The van der Waals surface area contributed by atoms with Gasteiger partial charge in [0.05, 0.1) is 13.1 Å². The molecular formula is C16H15BrN2O2. The highest BCUT2D eigenvalue weighted by Crippen LogP contribution is 2.20. The molecule has 108 valence electrons. The zero-order valence-corrected chi connectivity index (χ0v) is 13.2. The van der Waals surface area contributed by atoms with Gasteiger partial charge in [-0.15, -0.1) is 0 Å². The number of hydrogen-bond donors (Lipinski definition) is 0. The predicted molar refractivity (Wildman–Crippen MR) is 83.4 cm³/mol. The minimum absolute atomic E-state index is 0.0493. The molecule has 0 atom stereocenters. The molecule has 0 unspecified atom stereocenters. The fourth-order valence-electron chi connectivity index (χ4n) is 2.24. The molecule has 0 radical (unpaired) electrons. The monoisotopic (exact) mass is 346 g/mol. The summed E-state index contributed by atoms with van der Waals surface area (Å²) < 4.78 is 6.79. The number of carbonyl (C=O) groups excluding carboxylic acids is 1. The molecule has 1 aromatic heterocycles. The molecule has 1 aliphatic rings. The largest absolute Gasteiger partial charge is 0.487 e. The van der Waals surface area contributed by atoms with Crippen molar-refractivity contribution in [3.63, 3.8) is 0 Å². The summed E-state index contributed by atoms with van der Waals surface area (Å²) in [6.07, 6.45) is 1.79. The lowest BCUT2D eigenvalue weighted by molar-refractivity contribution is 0.0177. The van der Waals surface area contributed by atoms with Gasteiger partial charge >= 0.3 is 0 Å². The SMILES string of the molecule is Cc1cc(OC2CN(C(=O)c3ccc(Br)cc3)C2)ccn1. The summed E-state index contributed by atoms with van der Waals surface area (Å²) in [6, 6.07) is 11.1. The Morgan fingerprint density at radius 3 is 2.67 bits per heavy atom. The molecule has 0 saturated carbocycles. The van der Waals surface area contributed by atoms with E-state index in [-0.39, 0.29) is 12.0 Å². The van der Waals surface area contributed by atoms with E-state index < -0.39 is 0 Å². The Morgan fingerprint density at radius 2 is 2.00 bits per heavy atom. The second kappa shape index (κ2) is 5.85. The van der Waals surface area contributed by atoms with Gasteiger partial charge in [0.2, 0.25) is 0 Å². The quantitative estimate of drug-likeness (QED) is 0.857. The molecule has 0 spiro atoms. The number of aromatic nitrogens is 1. The van der Waals surface area contributed by atoms with Crippen LogP contribution in [0.1, 0.15) is 16.1 Å². The first-order chi connectivity index (χ1) is 10.1. The highest BCUT2D eigenvalue weighted by Gasteiger charge is 2.32. The molecule has 4 nitrogen and oxygen atoms in total. The minimum atomic E-state index is 0.0493. The molecule has 0 N–H and O–H groups in total. The van der Waals surface area contributed by atoms with Crippen LogP contribution in [0.4, 0.5) is 0 Å². The van der Waals surface area contributed by atoms with Gasteiger partial charge < -0.3 is 9.64 Å². The maximum atomic E-state index is 12.2. The number of benzene rings is 1. The van der Waals surface area contributed by atoms with Crippen molar-refractivity contribution in [1.82, 2.24) is 9.88 Å². The van der Waals surface area contributed by atoms with Gasteiger partial charge in [-0.1, -0.05) is 15.9 Å². The van der Waals surface area contributed by atoms with Crippen LogP contribution in [0.25, 0.3) is 0 Å². The van der Waals surface area contributed by atoms with Crippen LogP contribution in [-0.2, 0) is 0 Å². The van der Waals surface area contributed by atoms with Crippen molar-refractivity contribution in [2.45, 2.75) is 13.0 Å². The molecule has 3 rings (SSSR count). The number of likely N-dealkylation sites (tertiary alicyclic amines) is 1. The van der Waals surface area contributed by atoms with Gasteiger partial charge in [0.15, 0.2) is 0 Å². The molecule has 1 amide bonds. The molecule has 1 aromatic carbocycles. The standard InChI is InChI=1S/C16H15BrN2O2/c1-11-8-14(6-7-18-11)21-15-9-19(10-15)16(20)12-2-4-13(17)5-3-12/h2-8,15H,9-10H2,1H3. The van der Waals surface area contributed by atoms with E-state index in [1.165, 1.54) is 0 Å². The Balaban J connectivity index is 1.56. The summed E-state index contributed by atoms with van der Waals surface area (Å²) in [4.78, 5) is 18.2. The lowest BCUT2D eigenvalue weighted by Crippen LogP contribution is -2.56. The molecule has 5 heteroatoms. The van der Waals surface area contributed by atoms with Gasteiger partial charge in [-0.2, -0.15) is 0 Å². The Morgan fingerprint density at radius 1 is 1.29 bits per heavy atom. The second-order valence-corrected chi connectivity index (χ2v) is 6.01. The summed E-state index contributed by atoms with van der Waals surface area (Å²) in [7, 11) is 0. The van der Waals surface area contributed by atoms with E-state index in [9.17, 15) is 4.79 Å². The number of rotatable bonds is 3. The third-order valence-corrected chi connectivity index (χ3v) is 3.93. The van der Waals surface area contributed by atoms with E-state index in [2.05, 4.69) is 20.9 Å². The number of aryl methyl sites for hydroxylation is 1. The van der Waals surface area contributed by atoms with Crippen molar-refractivity contribution in [2.24, 2.45) is 0 Å². The highest BCUT2D eigenvalue weighted by molar-refractivity contribution is 9.10. The topological polar surface area (TPSA) is 42.4 Å². The van der Waals surface area contributed by atoms with Gasteiger partial charge in [0, 0.05) is 28.0 Å². The van der Waals surface area contributed by atoms with Crippen molar-refractivity contribution in [3.05, 3.63) is 58.3 Å². The zero-order chi connectivity index (χ0) is 14.8. The Hall–Kier alpha value is -1.88. The summed E-state index contributed by atoms with van der Waals surface area (Å²) >= 11 is 3.37. The zero-order valence-electron chi connectivity index (χ0n) is 11.6. The van der Waals surface area contributed by atoms with Crippen molar-refractivity contribution in [1.29, 1.82) is 0 Å². The van der Waals surface area contributed by atoms with Crippen molar-refractivity contribution >= 4 is 21.8 Å². The summed E-state index contributed by atoms with van der Waals surface area (Å²) in [5.74, 6) is 0.858. The molecule has 21 heavy (non-hydrogen) atoms. The van der Waals surface area contributed by atoms with Gasteiger partial charge in [0.1, 0.15) is 11.9 Å². The van der Waals surface area contributed by atoms with E-state index in [4.69, 9.17) is 4.74 Å². The molecule has 0 aliphatic carbocycles. The molecule has 1 fully saturated rings. The highest BCUT2D eigenvalue weighted by atomic mass is 79.9. The maximum absolute atomic E-state index is 12.2. The van der Waals surface area contributed by atoms with Crippen molar-refractivity contribution < 1.29 is 9.53 Å². The Bertz CT molecular complexity index is 652. The van der Waals surface area contributed by atoms with E-state index in [1.54, 1.807) is 11.1 Å². The molecule has 2 heterocycles. The van der Waals surface area contributed by atoms with Crippen molar-refractivity contribution in [2.75, 3.05) is 13.1 Å². The van der Waals surface area contributed by atoms with Crippen LogP contribution in [0.5, 0.6) is 5.75 Å². The minimum Gasteiger partial charge on any atom is -0.487 e. The van der Waals surface area contributed by atoms with Gasteiger partial charge in [-0.25, -0.2) is 0 Å². The number of halogens is 1. The molecule has 1 aliphatic heterocycles. The fraction of sp³-hybridized carbons (Fsp3) is 0.250.